The molecule has 0 spiro atoms. The van der Waals surface area contributed by atoms with Gasteiger partial charge >= 0.3 is 0 Å². The Balaban J connectivity index is 1.58. The van der Waals surface area contributed by atoms with Gasteiger partial charge in [-0.1, -0.05) is 43.9 Å². The lowest BCUT2D eigenvalue weighted by Gasteiger charge is -2.05. The van der Waals surface area contributed by atoms with Crippen LogP contribution in [0.4, 0.5) is 4.39 Å². The highest BCUT2D eigenvalue weighted by molar-refractivity contribution is 5.78. The molecular weight excluding hydrogens is 289 g/mol. The number of aryl methyl sites for hydroxylation is 1. The Morgan fingerprint density at radius 2 is 2.00 bits per heavy atom. The predicted octanol–water partition coefficient (Wildman–Crippen LogP) is 4.89. The molecule has 1 aromatic carbocycles. The van der Waals surface area contributed by atoms with E-state index in [1.54, 1.807) is 18.3 Å². The molecule has 3 nitrogen and oxygen atoms in total. The van der Waals surface area contributed by atoms with Crippen molar-refractivity contribution in [2.75, 3.05) is 0 Å². The lowest BCUT2D eigenvalue weighted by molar-refractivity contribution is 0.498. The quantitative estimate of drug-likeness (QED) is 0.745. The Labute approximate surface area is 135 Å². The molecule has 0 saturated heterocycles. The highest BCUT2D eigenvalue weighted by Gasteiger charge is 2.16. The summed E-state index contributed by atoms with van der Waals surface area (Å²) in [6, 6.07) is 8.71. The fourth-order valence-corrected chi connectivity index (χ4v) is 3.55. The molecule has 4 heteroatoms. The van der Waals surface area contributed by atoms with Gasteiger partial charge in [0.05, 0.1) is 5.52 Å². The first-order valence-corrected chi connectivity index (χ1v) is 8.39. The van der Waals surface area contributed by atoms with Crippen LogP contribution in [0.25, 0.3) is 22.3 Å². The maximum absolute atomic E-state index is 13.9. The minimum atomic E-state index is -0.227. The minimum Gasteiger partial charge on any atom is -0.341 e. The summed E-state index contributed by atoms with van der Waals surface area (Å²) >= 11 is 0. The third-order valence-electron chi connectivity index (χ3n) is 4.84. The molecule has 0 amide bonds. The SMILES string of the molecule is Fc1ccccc1-c1cnc2nc(CCC3CCCC3)[nH]c2c1. The largest absolute Gasteiger partial charge is 0.341 e. The van der Waals surface area contributed by atoms with Gasteiger partial charge in [0.2, 0.25) is 0 Å². The summed E-state index contributed by atoms with van der Waals surface area (Å²) in [7, 11) is 0. The Kier molecular flexibility index (Phi) is 3.82. The first-order chi connectivity index (χ1) is 11.3. The Bertz CT molecular complexity index is 818. The number of aromatic amines is 1. The third kappa shape index (κ3) is 2.98. The van der Waals surface area contributed by atoms with Crippen LogP contribution in [0.15, 0.2) is 36.5 Å². The topological polar surface area (TPSA) is 41.6 Å². The van der Waals surface area contributed by atoms with E-state index in [0.717, 1.165) is 29.2 Å². The molecule has 118 valence electrons. The second-order valence-electron chi connectivity index (χ2n) is 6.45. The average molecular weight is 309 g/mol. The first kappa shape index (κ1) is 14.4. The number of rotatable bonds is 4. The standard InChI is InChI=1S/C19H20FN3/c20-16-8-4-3-7-15(16)14-11-17-19(21-12-14)23-18(22-17)10-9-13-5-1-2-6-13/h3-4,7-8,11-13H,1-2,5-6,9-10H2,(H,21,22,23). The number of nitrogens with one attached hydrogen (secondary N) is 1. The molecule has 1 aliphatic carbocycles. The maximum atomic E-state index is 13.9. The molecular formula is C19H20FN3. The zero-order valence-electron chi connectivity index (χ0n) is 13.1. The molecule has 0 bridgehead atoms. The van der Waals surface area contributed by atoms with E-state index in [1.165, 1.54) is 38.2 Å². The summed E-state index contributed by atoms with van der Waals surface area (Å²) in [4.78, 5) is 12.3. The smallest absolute Gasteiger partial charge is 0.177 e. The molecule has 3 aromatic rings. The normalized spacial score (nSPS) is 15.5. The van der Waals surface area contributed by atoms with Gasteiger partial charge in [-0.15, -0.1) is 0 Å². The number of aromatic nitrogens is 3. The van der Waals surface area contributed by atoms with Crippen LogP contribution in [0.3, 0.4) is 0 Å². The lowest BCUT2D eigenvalue weighted by Crippen LogP contribution is -1.97. The van der Waals surface area contributed by atoms with Crippen molar-refractivity contribution in [1.82, 2.24) is 15.0 Å². The van der Waals surface area contributed by atoms with Gasteiger partial charge in [0, 0.05) is 23.7 Å². The molecule has 23 heavy (non-hydrogen) atoms. The van der Waals surface area contributed by atoms with E-state index >= 15 is 0 Å². The summed E-state index contributed by atoms with van der Waals surface area (Å²) in [5.41, 5.74) is 2.95. The molecule has 1 saturated carbocycles. The van der Waals surface area contributed by atoms with Crippen molar-refractivity contribution >= 4 is 11.2 Å². The van der Waals surface area contributed by atoms with Crippen LogP contribution in [0.5, 0.6) is 0 Å². The molecule has 2 aromatic heterocycles. The second kappa shape index (κ2) is 6.11. The van der Waals surface area contributed by atoms with Crippen molar-refractivity contribution in [3.05, 3.63) is 48.2 Å². The number of halogens is 1. The van der Waals surface area contributed by atoms with Crippen LogP contribution in [0, 0.1) is 11.7 Å². The third-order valence-corrected chi connectivity index (χ3v) is 4.84. The van der Waals surface area contributed by atoms with Crippen LogP contribution < -0.4 is 0 Å². The number of H-pyrrole nitrogens is 1. The zero-order valence-corrected chi connectivity index (χ0v) is 13.1. The number of nitrogens with zero attached hydrogens (tertiary/aromatic N) is 2. The number of hydrogen-bond donors (Lipinski definition) is 1. The molecule has 0 atom stereocenters. The van der Waals surface area contributed by atoms with E-state index in [4.69, 9.17) is 0 Å². The van der Waals surface area contributed by atoms with Gasteiger partial charge in [-0.2, -0.15) is 0 Å². The first-order valence-electron chi connectivity index (χ1n) is 8.39. The van der Waals surface area contributed by atoms with Crippen molar-refractivity contribution in [1.29, 1.82) is 0 Å². The van der Waals surface area contributed by atoms with E-state index in [2.05, 4.69) is 15.0 Å². The lowest BCUT2D eigenvalue weighted by atomic mass is 10.0. The van der Waals surface area contributed by atoms with E-state index in [1.807, 2.05) is 12.1 Å². The van der Waals surface area contributed by atoms with Gasteiger partial charge < -0.3 is 4.98 Å². The van der Waals surface area contributed by atoms with Crippen molar-refractivity contribution in [3.63, 3.8) is 0 Å². The molecule has 0 unspecified atom stereocenters. The van der Waals surface area contributed by atoms with Crippen LogP contribution in [0.2, 0.25) is 0 Å². The highest BCUT2D eigenvalue weighted by Crippen LogP contribution is 2.29. The summed E-state index contributed by atoms with van der Waals surface area (Å²) in [6.45, 7) is 0. The number of fused-ring (bicyclic) bond motifs is 1. The Morgan fingerprint density at radius 3 is 2.83 bits per heavy atom. The van der Waals surface area contributed by atoms with Crippen LogP contribution >= 0.6 is 0 Å². The minimum absolute atomic E-state index is 0.227. The molecule has 4 rings (SSSR count). The van der Waals surface area contributed by atoms with E-state index in [-0.39, 0.29) is 5.82 Å². The van der Waals surface area contributed by atoms with Gasteiger partial charge in [0.15, 0.2) is 5.65 Å². The molecule has 1 fully saturated rings. The number of benzene rings is 1. The predicted molar refractivity (Wildman–Crippen MR) is 89.6 cm³/mol. The van der Waals surface area contributed by atoms with Gasteiger partial charge in [0.1, 0.15) is 11.6 Å². The van der Waals surface area contributed by atoms with Gasteiger partial charge in [0.25, 0.3) is 0 Å². The Morgan fingerprint density at radius 1 is 1.17 bits per heavy atom. The van der Waals surface area contributed by atoms with E-state index in [0.29, 0.717) is 11.2 Å². The molecule has 1 N–H and O–H groups in total. The van der Waals surface area contributed by atoms with Crippen LogP contribution in [-0.2, 0) is 6.42 Å². The van der Waals surface area contributed by atoms with Crippen molar-refractivity contribution < 1.29 is 4.39 Å². The summed E-state index contributed by atoms with van der Waals surface area (Å²) in [5.74, 6) is 1.62. The van der Waals surface area contributed by atoms with Crippen LogP contribution in [-0.4, -0.2) is 15.0 Å². The van der Waals surface area contributed by atoms with Gasteiger partial charge in [-0.3, -0.25) is 0 Å². The summed E-state index contributed by atoms with van der Waals surface area (Å²) in [6.07, 6.45) is 9.32. The van der Waals surface area contributed by atoms with Crippen molar-refractivity contribution in [2.24, 2.45) is 5.92 Å². The average Bonchev–Trinajstić information content (AvgIpc) is 3.21. The maximum Gasteiger partial charge on any atom is 0.177 e. The molecule has 2 heterocycles. The fourth-order valence-electron chi connectivity index (χ4n) is 3.55. The van der Waals surface area contributed by atoms with E-state index in [9.17, 15) is 4.39 Å². The monoisotopic (exact) mass is 309 g/mol. The summed E-state index contributed by atoms with van der Waals surface area (Å²) in [5, 5.41) is 0. The summed E-state index contributed by atoms with van der Waals surface area (Å²) < 4.78 is 13.9. The van der Waals surface area contributed by atoms with E-state index < -0.39 is 0 Å². The zero-order chi connectivity index (χ0) is 15.6. The number of imidazole rings is 1. The molecule has 0 radical (unpaired) electrons. The second-order valence-corrected chi connectivity index (χ2v) is 6.45. The molecule has 0 aliphatic heterocycles. The van der Waals surface area contributed by atoms with Crippen molar-refractivity contribution in [2.45, 2.75) is 38.5 Å². The van der Waals surface area contributed by atoms with Gasteiger partial charge in [-0.25, -0.2) is 14.4 Å². The highest BCUT2D eigenvalue weighted by atomic mass is 19.1. The van der Waals surface area contributed by atoms with Crippen LogP contribution in [0.1, 0.15) is 37.9 Å². The molecule has 1 aliphatic rings. The number of hydrogen-bond acceptors (Lipinski definition) is 2. The van der Waals surface area contributed by atoms with Crippen molar-refractivity contribution in [3.8, 4) is 11.1 Å². The Hall–Kier alpha value is -2.23. The number of pyridine rings is 1. The fraction of sp³-hybridized carbons (Fsp3) is 0.368. The van der Waals surface area contributed by atoms with Gasteiger partial charge in [-0.05, 0) is 24.5 Å².